The van der Waals surface area contributed by atoms with Crippen molar-refractivity contribution in [3.63, 3.8) is 0 Å². The van der Waals surface area contributed by atoms with E-state index >= 15 is 0 Å². The first-order chi connectivity index (χ1) is 14.5. The third-order valence-electron chi connectivity index (χ3n) is 5.42. The molecule has 2 aromatic carbocycles. The Hall–Kier alpha value is -2.59. The van der Waals surface area contributed by atoms with Crippen LogP contribution in [0.3, 0.4) is 0 Å². The molecule has 4 aromatic rings. The lowest BCUT2D eigenvalue weighted by atomic mass is 10.2. The highest BCUT2D eigenvalue weighted by atomic mass is 32.2. The molecule has 1 saturated heterocycles. The summed E-state index contributed by atoms with van der Waals surface area (Å²) in [7, 11) is -1.54. The number of thiazole rings is 1. The summed E-state index contributed by atoms with van der Waals surface area (Å²) in [5.74, 6) is 0. The van der Waals surface area contributed by atoms with E-state index in [-0.39, 0.29) is 0 Å². The average molecular weight is 440 g/mol. The van der Waals surface area contributed by atoms with Gasteiger partial charge in [0.2, 0.25) is 10.0 Å². The topological polar surface area (TPSA) is 78.4 Å². The van der Waals surface area contributed by atoms with Gasteiger partial charge in [-0.3, -0.25) is 4.98 Å². The van der Waals surface area contributed by atoms with E-state index in [9.17, 15) is 8.42 Å². The summed E-state index contributed by atoms with van der Waals surface area (Å²) < 4.78 is 29.1. The van der Waals surface area contributed by atoms with Crippen LogP contribution in [0.2, 0.25) is 0 Å². The fourth-order valence-corrected chi connectivity index (χ4v) is 5.77. The summed E-state index contributed by atoms with van der Waals surface area (Å²) in [6.45, 7) is 2.48. The molecule has 154 valence electrons. The number of nitrogens with one attached hydrogen (secondary N) is 1. The Kier molecular flexibility index (Phi) is 4.90. The molecule has 0 bridgehead atoms. The van der Waals surface area contributed by atoms with Crippen LogP contribution >= 0.6 is 11.3 Å². The zero-order valence-corrected chi connectivity index (χ0v) is 18.1. The number of pyridine rings is 1. The molecule has 1 fully saturated rings. The number of rotatable bonds is 4. The summed E-state index contributed by atoms with van der Waals surface area (Å²) in [6, 6.07) is 13.0. The number of fused-ring (bicyclic) bond motifs is 2. The third-order valence-corrected chi connectivity index (χ3v) is 8.13. The van der Waals surface area contributed by atoms with Crippen molar-refractivity contribution in [2.75, 3.05) is 38.5 Å². The second kappa shape index (κ2) is 7.59. The van der Waals surface area contributed by atoms with Gasteiger partial charge in [0.15, 0.2) is 0 Å². The van der Waals surface area contributed by atoms with E-state index in [0.717, 1.165) is 45.6 Å². The van der Waals surface area contributed by atoms with E-state index in [2.05, 4.69) is 20.2 Å². The molecule has 0 radical (unpaired) electrons. The molecule has 0 amide bonds. The maximum atomic E-state index is 13.2. The van der Waals surface area contributed by atoms with Crippen LogP contribution < -0.4 is 5.32 Å². The monoisotopic (exact) mass is 439 g/mol. The lowest BCUT2D eigenvalue weighted by Gasteiger charge is -2.31. The Balaban J connectivity index is 1.52. The lowest BCUT2D eigenvalue weighted by Crippen LogP contribution is -2.46. The summed E-state index contributed by atoms with van der Waals surface area (Å²) in [6.07, 6.45) is 1.72. The van der Waals surface area contributed by atoms with Crippen molar-refractivity contribution in [1.29, 1.82) is 0 Å². The zero-order valence-electron chi connectivity index (χ0n) is 16.4. The highest BCUT2D eigenvalue weighted by molar-refractivity contribution is 7.89. The number of likely N-dealkylation sites (N-methyl/N-ethyl adjacent to an activating group) is 1. The van der Waals surface area contributed by atoms with E-state index in [1.165, 1.54) is 0 Å². The number of aromatic nitrogens is 2. The number of hydrogen-bond acceptors (Lipinski definition) is 7. The zero-order chi connectivity index (χ0) is 20.7. The fraction of sp³-hybridized carbons (Fsp3) is 0.238. The number of sulfonamides is 1. The molecule has 0 aliphatic carbocycles. The Morgan fingerprint density at radius 1 is 0.967 bits per heavy atom. The third kappa shape index (κ3) is 3.54. The van der Waals surface area contributed by atoms with Crippen molar-refractivity contribution in [3.05, 3.63) is 54.2 Å². The number of hydrogen-bond donors (Lipinski definition) is 1. The highest BCUT2D eigenvalue weighted by Crippen LogP contribution is 2.30. The number of nitrogens with zero attached hydrogens (tertiary/aromatic N) is 4. The maximum absolute atomic E-state index is 13.2. The average Bonchev–Trinajstić information content (AvgIpc) is 3.22. The van der Waals surface area contributed by atoms with Gasteiger partial charge >= 0.3 is 0 Å². The second-order valence-electron chi connectivity index (χ2n) is 7.40. The molecule has 0 spiro atoms. The van der Waals surface area contributed by atoms with Gasteiger partial charge in [0.25, 0.3) is 0 Å². The van der Waals surface area contributed by atoms with Gasteiger partial charge in [0.1, 0.15) is 0 Å². The normalized spacial score (nSPS) is 16.3. The summed E-state index contributed by atoms with van der Waals surface area (Å²) >= 11 is 1.60. The molecular weight excluding hydrogens is 418 g/mol. The minimum absolute atomic E-state index is 0.297. The van der Waals surface area contributed by atoms with E-state index in [1.54, 1.807) is 40.0 Å². The van der Waals surface area contributed by atoms with Crippen molar-refractivity contribution in [1.82, 2.24) is 19.2 Å². The molecule has 30 heavy (non-hydrogen) atoms. The van der Waals surface area contributed by atoms with Gasteiger partial charge in [0.05, 0.1) is 26.1 Å². The Morgan fingerprint density at radius 3 is 2.63 bits per heavy atom. The standard InChI is InChI=1S/C21H21N5O2S2/c1-25-8-10-26(11-9-25)30(27,28)16-3-4-18-17(13-16)19(6-7-22-18)24-15-2-5-21-20(12-15)23-14-29-21/h2-7,12-14H,8-11H2,1H3,(H,22,24). The van der Waals surface area contributed by atoms with E-state index in [4.69, 9.17) is 0 Å². The van der Waals surface area contributed by atoms with Gasteiger partial charge in [-0.1, -0.05) is 0 Å². The molecule has 2 aromatic heterocycles. The quantitative estimate of drug-likeness (QED) is 0.524. The van der Waals surface area contributed by atoms with Gasteiger partial charge in [-0.15, -0.1) is 11.3 Å². The minimum atomic E-state index is -3.55. The van der Waals surface area contributed by atoms with Gasteiger partial charge in [0, 0.05) is 49.1 Å². The first-order valence-corrected chi connectivity index (χ1v) is 12.0. The summed E-state index contributed by atoms with van der Waals surface area (Å²) in [5.41, 5.74) is 5.21. The van der Waals surface area contributed by atoms with Crippen molar-refractivity contribution in [2.24, 2.45) is 0 Å². The van der Waals surface area contributed by atoms with Crippen molar-refractivity contribution >= 4 is 53.9 Å². The fourth-order valence-electron chi connectivity index (χ4n) is 3.66. The molecule has 0 atom stereocenters. The second-order valence-corrected chi connectivity index (χ2v) is 10.2. The van der Waals surface area contributed by atoms with Gasteiger partial charge < -0.3 is 10.2 Å². The first kappa shape index (κ1) is 19.4. The van der Waals surface area contributed by atoms with Gasteiger partial charge in [-0.25, -0.2) is 13.4 Å². The van der Waals surface area contributed by atoms with E-state index in [0.29, 0.717) is 18.0 Å². The summed E-state index contributed by atoms with van der Waals surface area (Å²) in [5, 5.41) is 4.17. The molecule has 1 aliphatic heterocycles. The predicted octanol–water partition coefficient (Wildman–Crippen LogP) is 3.52. The summed E-state index contributed by atoms with van der Waals surface area (Å²) in [4.78, 5) is 11.2. The molecule has 0 saturated carbocycles. The Labute approximate surface area is 179 Å². The van der Waals surface area contributed by atoms with Gasteiger partial charge in [-0.05, 0) is 49.5 Å². The smallest absolute Gasteiger partial charge is 0.243 e. The Bertz CT molecular complexity index is 1330. The molecule has 7 nitrogen and oxygen atoms in total. The van der Waals surface area contributed by atoms with Crippen LogP contribution in [-0.2, 0) is 10.0 Å². The van der Waals surface area contributed by atoms with Crippen LogP contribution in [0.25, 0.3) is 21.1 Å². The van der Waals surface area contributed by atoms with E-state index < -0.39 is 10.0 Å². The van der Waals surface area contributed by atoms with Crippen LogP contribution in [0.4, 0.5) is 11.4 Å². The lowest BCUT2D eigenvalue weighted by molar-refractivity contribution is 0.222. The molecular formula is C21H21N5O2S2. The van der Waals surface area contributed by atoms with Crippen LogP contribution in [0.15, 0.2) is 59.1 Å². The molecule has 1 aliphatic rings. The molecule has 3 heterocycles. The molecule has 0 unspecified atom stereocenters. The number of piperazine rings is 1. The van der Waals surface area contributed by atoms with Crippen molar-refractivity contribution in [3.8, 4) is 0 Å². The largest absolute Gasteiger partial charge is 0.355 e. The minimum Gasteiger partial charge on any atom is -0.355 e. The van der Waals surface area contributed by atoms with Crippen LogP contribution in [0.1, 0.15) is 0 Å². The number of anilines is 2. The van der Waals surface area contributed by atoms with Crippen molar-refractivity contribution in [2.45, 2.75) is 4.90 Å². The van der Waals surface area contributed by atoms with Crippen LogP contribution in [-0.4, -0.2) is 60.8 Å². The Morgan fingerprint density at radius 2 is 1.80 bits per heavy atom. The molecule has 5 rings (SSSR count). The van der Waals surface area contributed by atoms with Crippen LogP contribution in [0, 0.1) is 0 Å². The number of benzene rings is 2. The van der Waals surface area contributed by atoms with Crippen LogP contribution in [0.5, 0.6) is 0 Å². The SMILES string of the molecule is CN1CCN(S(=O)(=O)c2ccc3nccc(Nc4ccc5scnc5c4)c3c2)CC1. The molecule has 1 N–H and O–H groups in total. The van der Waals surface area contributed by atoms with Gasteiger partial charge in [-0.2, -0.15) is 4.31 Å². The predicted molar refractivity (Wildman–Crippen MR) is 121 cm³/mol. The van der Waals surface area contributed by atoms with Crippen molar-refractivity contribution < 1.29 is 8.42 Å². The molecule has 9 heteroatoms. The first-order valence-electron chi connectivity index (χ1n) is 9.68. The van der Waals surface area contributed by atoms with E-state index in [1.807, 2.05) is 36.8 Å². The highest BCUT2D eigenvalue weighted by Gasteiger charge is 2.27. The maximum Gasteiger partial charge on any atom is 0.243 e.